The van der Waals surface area contributed by atoms with Crippen LogP contribution in [-0.4, -0.2) is 32.5 Å². The first-order chi connectivity index (χ1) is 11.2. The third-order valence-corrected chi connectivity index (χ3v) is 4.80. The van der Waals surface area contributed by atoms with E-state index in [1.807, 2.05) is 17.0 Å². The molecule has 0 aliphatic heterocycles. The first-order valence-electron chi connectivity index (χ1n) is 7.78. The van der Waals surface area contributed by atoms with E-state index in [2.05, 4.69) is 20.7 Å². The van der Waals surface area contributed by atoms with Gasteiger partial charge in [0.15, 0.2) is 0 Å². The fraction of sp³-hybridized carbons (Fsp3) is 0.533. The predicted octanol–water partition coefficient (Wildman–Crippen LogP) is 1.52. The highest BCUT2D eigenvalue weighted by molar-refractivity contribution is 7.09. The van der Waals surface area contributed by atoms with Gasteiger partial charge in [-0.15, -0.1) is 11.3 Å². The zero-order valence-electron chi connectivity index (χ0n) is 13.1. The van der Waals surface area contributed by atoms with Gasteiger partial charge < -0.3 is 15.7 Å². The Hall–Kier alpha value is -1.93. The predicted molar refractivity (Wildman–Crippen MR) is 87.2 cm³/mol. The van der Waals surface area contributed by atoms with Crippen molar-refractivity contribution in [2.75, 3.05) is 6.61 Å². The normalized spacial score (nSPS) is 16.9. The average molecular weight is 335 g/mol. The van der Waals surface area contributed by atoms with E-state index < -0.39 is 0 Å². The highest BCUT2D eigenvalue weighted by Gasteiger charge is 2.25. The Balaban J connectivity index is 1.59. The highest BCUT2D eigenvalue weighted by Crippen LogP contribution is 2.29. The number of nitrogens with zero attached hydrogens (tertiary/aromatic N) is 3. The number of aromatic nitrogens is 3. The number of nitrogens with one attached hydrogen (secondary N) is 2. The lowest BCUT2D eigenvalue weighted by Gasteiger charge is -2.24. The molecule has 2 aromatic rings. The maximum atomic E-state index is 12.1. The molecule has 0 saturated carbocycles. The summed E-state index contributed by atoms with van der Waals surface area (Å²) in [6.45, 7) is 2.94. The van der Waals surface area contributed by atoms with Crippen LogP contribution >= 0.6 is 11.3 Å². The number of aliphatic hydroxyl groups excluding tert-OH is 1. The minimum atomic E-state index is -0.191. The fourth-order valence-corrected chi connectivity index (χ4v) is 3.54. The molecule has 7 nitrogen and oxygen atoms in total. The molecule has 0 saturated heterocycles. The van der Waals surface area contributed by atoms with Crippen molar-refractivity contribution in [1.29, 1.82) is 0 Å². The van der Waals surface area contributed by atoms with Crippen molar-refractivity contribution in [3.05, 3.63) is 33.5 Å². The molecule has 3 rings (SSSR count). The second-order valence-electron chi connectivity index (χ2n) is 5.62. The summed E-state index contributed by atoms with van der Waals surface area (Å²) in [6, 6.07) is -0.216. The first-order valence-corrected chi connectivity index (χ1v) is 8.66. The molecule has 1 unspecified atom stereocenters. The standard InChI is InChI=1S/C15H21N5O2S/c1-10-18-11(9-23-10)7-16-15(22)19-13-3-2-4-14-12(13)8-17-20(14)5-6-21/h8-9,13,21H,2-7H2,1H3,(H2,16,19,22). The molecule has 0 radical (unpaired) electrons. The molecule has 0 fully saturated rings. The minimum absolute atomic E-state index is 0.0247. The molecule has 2 aromatic heterocycles. The second-order valence-corrected chi connectivity index (χ2v) is 6.69. The van der Waals surface area contributed by atoms with Crippen LogP contribution < -0.4 is 10.6 Å². The molecule has 1 atom stereocenters. The minimum Gasteiger partial charge on any atom is -0.394 e. The van der Waals surface area contributed by atoms with E-state index >= 15 is 0 Å². The van der Waals surface area contributed by atoms with Crippen molar-refractivity contribution < 1.29 is 9.90 Å². The van der Waals surface area contributed by atoms with Gasteiger partial charge in [0.25, 0.3) is 0 Å². The van der Waals surface area contributed by atoms with Crippen LogP contribution in [0.5, 0.6) is 0 Å². The molecule has 3 N–H and O–H groups in total. The summed E-state index contributed by atoms with van der Waals surface area (Å²) in [6.07, 6.45) is 4.65. The molecule has 1 aliphatic carbocycles. The summed E-state index contributed by atoms with van der Waals surface area (Å²) in [5.74, 6) is 0. The van der Waals surface area contributed by atoms with Crippen molar-refractivity contribution in [3.63, 3.8) is 0 Å². The van der Waals surface area contributed by atoms with Crippen molar-refractivity contribution in [1.82, 2.24) is 25.4 Å². The lowest BCUT2D eigenvalue weighted by atomic mass is 9.93. The van der Waals surface area contributed by atoms with E-state index in [0.717, 1.165) is 41.2 Å². The third-order valence-electron chi connectivity index (χ3n) is 3.98. The summed E-state index contributed by atoms with van der Waals surface area (Å²) in [7, 11) is 0. The lowest BCUT2D eigenvalue weighted by molar-refractivity contribution is 0.234. The molecule has 2 amide bonds. The number of urea groups is 1. The van der Waals surface area contributed by atoms with Gasteiger partial charge in [-0.25, -0.2) is 9.78 Å². The molecule has 0 spiro atoms. The Morgan fingerprint density at radius 2 is 2.43 bits per heavy atom. The number of fused-ring (bicyclic) bond motifs is 1. The molecule has 0 bridgehead atoms. The smallest absolute Gasteiger partial charge is 0.315 e. The number of thiazole rings is 1. The van der Waals surface area contributed by atoms with Crippen LogP contribution in [0.2, 0.25) is 0 Å². The molecular weight excluding hydrogens is 314 g/mol. The zero-order chi connectivity index (χ0) is 16.2. The highest BCUT2D eigenvalue weighted by atomic mass is 32.1. The fourth-order valence-electron chi connectivity index (χ4n) is 2.93. The first kappa shape index (κ1) is 15.9. The van der Waals surface area contributed by atoms with Gasteiger partial charge in [0.1, 0.15) is 0 Å². The van der Waals surface area contributed by atoms with Gasteiger partial charge in [-0.2, -0.15) is 5.10 Å². The van der Waals surface area contributed by atoms with Crippen LogP contribution in [-0.2, 0) is 19.5 Å². The van der Waals surface area contributed by atoms with Crippen LogP contribution in [0, 0.1) is 6.92 Å². The number of hydrogen-bond acceptors (Lipinski definition) is 5. The SMILES string of the molecule is Cc1nc(CNC(=O)NC2CCCc3c2cnn3CCO)cs1. The zero-order valence-corrected chi connectivity index (χ0v) is 13.9. The number of carbonyl (C=O) groups is 1. The van der Waals surface area contributed by atoms with Gasteiger partial charge in [-0.05, 0) is 26.2 Å². The van der Waals surface area contributed by atoms with E-state index in [-0.39, 0.29) is 18.7 Å². The topological polar surface area (TPSA) is 92.1 Å². The van der Waals surface area contributed by atoms with Crippen LogP contribution in [0.25, 0.3) is 0 Å². The van der Waals surface area contributed by atoms with Crippen molar-refractivity contribution >= 4 is 17.4 Å². The number of aliphatic hydroxyl groups is 1. The van der Waals surface area contributed by atoms with Crippen LogP contribution in [0.15, 0.2) is 11.6 Å². The monoisotopic (exact) mass is 335 g/mol. The Labute approximate surface area is 138 Å². The van der Waals surface area contributed by atoms with Gasteiger partial charge in [0.05, 0.1) is 42.6 Å². The molecular formula is C15H21N5O2S. The number of rotatable bonds is 5. The van der Waals surface area contributed by atoms with Crippen LogP contribution in [0.3, 0.4) is 0 Å². The summed E-state index contributed by atoms with van der Waals surface area (Å²) >= 11 is 1.58. The second kappa shape index (κ2) is 7.10. The van der Waals surface area contributed by atoms with Crippen molar-refractivity contribution in [2.45, 2.75) is 45.3 Å². The Morgan fingerprint density at radius 3 is 3.17 bits per heavy atom. The number of aryl methyl sites for hydroxylation is 1. The Morgan fingerprint density at radius 1 is 1.57 bits per heavy atom. The molecule has 2 heterocycles. The van der Waals surface area contributed by atoms with E-state index in [1.54, 1.807) is 17.5 Å². The summed E-state index contributed by atoms with van der Waals surface area (Å²) in [4.78, 5) is 16.4. The van der Waals surface area contributed by atoms with Gasteiger partial charge in [0.2, 0.25) is 0 Å². The molecule has 8 heteroatoms. The molecule has 124 valence electrons. The Kier molecular flexibility index (Phi) is 4.92. The third kappa shape index (κ3) is 3.70. The van der Waals surface area contributed by atoms with E-state index in [0.29, 0.717) is 13.1 Å². The van der Waals surface area contributed by atoms with Crippen molar-refractivity contribution in [3.8, 4) is 0 Å². The Bertz CT molecular complexity index is 681. The van der Waals surface area contributed by atoms with Gasteiger partial charge >= 0.3 is 6.03 Å². The maximum absolute atomic E-state index is 12.1. The van der Waals surface area contributed by atoms with E-state index in [9.17, 15) is 4.79 Å². The average Bonchev–Trinajstić information content (AvgIpc) is 3.13. The molecule has 1 aliphatic rings. The molecule has 23 heavy (non-hydrogen) atoms. The summed E-state index contributed by atoms with van der Waals surface area (Å²) in [5, 5.41) is 22.2. The summed E-state index contributed by atoms with van der Waals surface area (Å²) in [5.41, 5.74) is 3.05. The largest absolute Gasteiger partial charge is 0.394 e. The number of amides is 2. The number of carbonyl (C=O) groups excluding carboxylic acids is 1. The van der Waals surface area contributed by atoms with Gasteiger partial charge in [-0.1, -0.05) is 0 Å². The number of hydrogen-bond donors (Lipinski definition) is 3. The van der Waals surface area contributed by atoms with Crippen LogP contribution in [0.1, 0.15) is 40.8 Å². The molecule has 0 aromatic carbocycles. The van der Waals surface area contributed by atoms with Crippen LogP contribution in [0.4, 0.5) is 4.79 Å². The van der Waals surface area contributed by atoms with Gasteiger partial charge in [-0.3, -0.25) is 4.68 Å². The van der Waals surface area contributed by atoms with Gasteiger partial charge in [0, 0.05) is 16.6 Å². The van der Waals surface area contributed by atoms with E-state index in [4.69, 9.17) is 5.11 Å². The van der Waals surface area contributed by atoms with Crippen molar-refractivity contribution in [2.24, 2.45) is 0 Å². The lowest BCUT2D eigenvalue weighted by Crippen LogP contribution is -2.38. The van der Waals surface area contributed by atoms with E-state index in [1.165, 1.54) is 0 Å². The quantitative estimate of drug-likeness (QED) is 0.772. The maximum Gasteiger partial charge on any atom is 0.315 e. The summed E-state index contributed by atoms with van der Waals surface area (Å²) < 4.78 is 1.83.